The smallest absolute Gasteiger partial charge is 0.0670 e. The summed E-state index contributed by atoms with van der Waals surface area (Å²) in [5.41, 5.74) is 9.03. The monoisotopic (exact) mass is 279 g/mol. The minimum Gasteiger partial charge on any atom is -0.328 e. The number of halogens is 2. The second-order valence-corrected chi connectivity index (χ2v) is 5.26. The first-order valence-corrected chi connectivity index (χ1v) is 6.62. The largest absolute Gasteiger partial charge is 0.328 e. The van der Waals surface area contributed by atoms with E-state index in [2.05, 4.69) is 24.3 Å². The summed E-state index contributed by atoms with van der Waals surface area (Å²) in [6, 6.07) is 14.1. The highest BCUT2D eigenvalue weighted by molar-refractivity contribution is 6.43. The lowest BCUT2D eigenvalue weighted by Gasteiger charge is -2.08. The fourth-order valence-electron chi connectivity index (χ4n) is 1.92. The van der Waals surface area contributed by atoms with E-state index in [1.54, 1.807) is 6.07 Å². The van der Waals surface area contributed by atoms with Crippen molar-refractivity contribution in [2.24, 2.45) is 5.73 Å². The lowest BCUT2D eigenvalue weighted by atomic mass is 10.0. The molecule has 2 aromatic carbocycles. The van der Waals surface area contributed by atoms with E-state index in [0.29, 0.717) is 10.0 Å². The molecule has 2 aromatic rings. The molecule has 0 aliphatic heterocycles. The fourth-order valence-corrected chi connectivity index (χ4v) is 2.33. The molecule has 0 fully saturated rings. The van der Waals surface area contributed by atoms with E-state index in [0.717, 1.165) is 17.5 Å². The van der Waals surface area contributed by atoms with E-state index >= 15 is 0 Å². The van der Waals surface area contributed by atoms with Gasteiger partial charge in [-0.25, -0.2) is 0 Å². The Morgan fingerprint density at radius 2 is 1.72 bits per heavy atom. The van der Waals surface area contributed by atoms with Gasteiger partial charge in [0, 0.05) is 11.6 Å². The molecule has 0 saturated heterocycles. The number of nitrogens with two attached hydrogens (primary N) is 1. The molecular weight excluding hydrogens is 265 g/mol. The van der Waals surface area contributed by atoms with Gasteiger partial charge in [0.2, 0.25) is 0 Å². The molecule has 2 N–H and O–H groups in total. The maximum Gasteiger partial charge on any atom is 0.0670 e. The first kappa shape index (κ1) is 13.4. The van der Waals surface area contributed by atoms with Crippen LogP contribution in [0.25, 0.3) is 11.1 Å². The minimum atomic E-state index is 0.172. The average molecular weight is 280 g/mol. The van der Waals surface area contributed by atoms with Crippen molar-refractivity contribution >= 4 is 23.2 Å². The second-order valence-electron chi connectivity index (χ2n) is 4.48. The van der Waals surface area contributed by atoms with E-state index in [-0.39, 0.29) is 6.04 Å². The maximum atomic E-state index is 6.20. The molecule has 0 aliphatic carbocycles. The van der Waals surface area contributed by atoms with Crippen LogP contribution in [0.5, 0.6) is 0 Å². The fraction of sp³-hybridized carbons (Fsp3) is 0.200. The summed E-state index contributed by atoms with van der Waals surface area (Å²) in [4.78, 5) is 0. The summed E-state index contributed by atoms with van der Waals surface area (Å²) in [7, 11) is 0. The van der Waals surface area contributed by atoms with Crippen LogP contribution in [-0.4, -0.2) is 6.04 Å². The van der Waals surface area contributed by atoms with Gasteiger partial charge >= 0.3 is 0 Å². The van der Waals surface area contributed by atoms with Gasteiger partial charge in [0.15, 0.2) is 0 Å². The summed E-state index contributed by atoms with van der Waals surface area (Å²) in [5.74, 6) is 0. The topological polar surface area (TPSA) is 26.0 Å². The van der Waals surface area contributed by atoms with E-state index < -0.39 is 0 Å². The van der Waals surface area contributed by atoms with Crippen LogP contribution in [0.1, 0.15) is 12.5 Å². The van der Waals surface area contributed by atoms with Crippen molar-refractivity contribution in [3.05, 3.63) is 58.1 Å². The van der Waals surface area contributed by atoms with Gasteiger partial charge in [0.25, 0.3) is 0 Å². The Bertz CT molecular complexity index is 533. The maximum absolute atomic E-state index is 6.20. The van der Waals surface area contributed by atoms with E-state index in [1.165, 1.54) is 5.56 Å². The molecule has 0 heterocycles. The molecule has 18 heavy (non-hydrogen) atoms. The molecule has 1 atom stereocenters. The van der Waals surface area contributed by atoms with Gasteiger partial charge in [-0.15, -0.1) is 0 Å². The highest BCUT2D eigenvalue weighted by atomic mass is 35.5. The van der Waals surface area contributed by atoms with Crippen LogP contribution in [0.3, 0.4) is 0 Å². The summed E-state index contributed by atoms with van der Waals surface area (Å²) < 4.78 is 0. The second kappa shape index (κ2) is 5.75. The summed E-state index contributed by atoms with van der Waals surface area (Å²) >= 11 is 12.2. The Morgan fingerprint density at radius 3 is 2.33 bits per heavy atom. The SMILES string of the molecule is CC(N)Cc1ccc(-c2cccc(Cl)c2Cl)cc1. The molecule has 94 valence electrons. The van der Waals surface area contributed by atoms with Crippen LogP contribution in [0.4, 0.5) is 0 Å². The zero-order valence-corrected chi connectivity index (χ0v) is 11.7. The zero-order chi connectivity index (χ0) is 13.1. The van der Waals surface area contributed by atoms with Crippen LogP contribution in [0, 0.1) is 0 Å². The molecule has 0 radical (unpaired) electrons. The van der Waals surface area contributed by atoms with Gasteiger partial charge in [-0.05, 0) is 30.5 Å². The predicted molar refractivity (Wildman–Crippen MR) is 79.3 cm³/mol. The van der Waals surface area contributed by atoms with Crippen LogP contribution in [0.2, 0.25) is 10.0 Å². The first-order chi connectivity index (χ1) is 8.58. The molecule has 3 heteroatoms. The van der Waals surface area contributed by atoms with Gasteiger partial charge in [0.1, 0.15) is 0 Å². The highest BCUT2D eigenvalue weighted by Gasteiger charge is 2.06. The van der Waals surface area contributed by atoms with Crippen LogP contribution in [-0.2, 0) is 6.42 Å². The van der Waals surface area contributed by atoms with E-state index in [9.17, 15) is 0 Å². The molecule has 0 amide bonds. The molecular formula is C15H15Cl2N. The Morgan fingerprint density at radius 1 is 1.06 bits per heavy atom. The standard InChI is InChI=1S/C15H15Cl2N/c1-10(18)9-11-5-7-12(8-6-11)13-3-2-4-14(16)15(13)17/h2-8,10H,9,18H2,1H3. The normalized spacial score (nSPS) is 12.4. The van der Waals surface area contributed by atoms with Crippen molar-refractivity contribution in [2.75, 3.05) is 0 Å². The molecule has 2 rings (SSSR count). The van der Waals surface area contributed by atoms with Gasteiger partial charge in [0.05, 0.1) is 10.0 Å². The van der Waals surface area contributed by atoms with Crippen molar-refractivity contribution in [1.29, 1.82) is 0 Å². The van der Waals surface area contributed by atoms with Gasteiger partial charge in [-0.3, -0.25) is 0 Å². The summed E-state index contributed by atoms with van der Waals surface area (Å²) in [6.07, 6.45) is 0.879. The highest BCUT2D eigenvalue weighted by Crippen LogP contribution is 2.33. The molecule has 0 saturated carbocycles. The Hall–Kier alpha value is -1.02. The Kier molecular flexibility index (Phi) is 4.28. The molecule has 1 unspecified atom stereocenters. The van der Waals surface area contributed by atoms with Crippen LogP contribution in [0.15, 0.2) is 42.5 Å². The number of hydrogen-bond acceptors (Lipinski definition) is 1. The zero-order valence-electron chi connectivity index (χ0n) is 10.2. The number of benzene rings is 2. The third-order valence-electron chi connectivity index (χ3n) is 2.77. The van der Waals surface area contributed by atoms with Crippen molar-refractivity contribution in [2.45, 2.75) is 19.4 Å². The molecule has 0 spiro atoms. The summed E-state index contributed by atoms with van der Waals surface area (Å²) in [5, 5.41) is 1.17. The Labute approximate surface area is 118 Å². The molecule has 1 nitrogen and oxygen atoms in total. The lowest BCUT2D eigenvalue weighted by Crippen LogP contribution is -2.17. The molecule has 0 aromatic heterocycles. The average Bonchev–Trinajstić information content (AvgIpc) is 2.33. The van der Waals surface area contributed by atoms with Crippen LogP contribution >= 0.6 is 23.2 Å². The molecule has 0 aliphatic rings. The van der Waals surface area contributed by atoms with Crippen molar-refractivity contribution in [1.82, 2.24) is 0 Å². The number of hydrogen-bond donors (Lipinski definition) is 1. The quantitative estimate of drug-likeness (QED) is 0.877. The Balaban J connectivity index is 2.32. The van der Waals surface area contributed by atoms with Crippen molar-refractivity contribution in [3.8, 4) is 11.1 Å². The van der Waals surface area contributed by atoms with Gasteiger partial charge < -0.3 is 5.73 Å². The lowest BCUT2D eigenvalue weighted by molar-refractivity contribution is 0.738. The number of rotatable bonds is 3. The minimum absolute atomic E-state index is 0.172. The van der Waals surface area contributed by atoms with Crippen molar-refractivity contribution < 1.29 is 0 Å². The predicted octanol–water partition coefficient (Wildman–Crippen LogP) is 4.55. The van der Waals surface area contributed by atoms with E-state index in [1.807, 2.05) is 19.1 Å². The van der Waals surface area contributed by atoms with Crippen molar-refractivity contribution in [3.63, 3.8) is 0 Å². The summed E-state index contributed by atoms with van der Waals surface area (Å²) in [6.45, 7) is 2.00. The third-order valence-corrected chi connectivity index (χ3v) is 3.59. The molecule has 0 bridgehead atoms. The van der Waals surface area contributed by atoms with E-state index in [4.69, 9.17) is 28.9 Å². The van der Waals surface area contributed by atoms with Gasteiger partial charge in [-0.2, -0.15) is 0 Å². The first-order valence-electron chi connectivity index (χ1n) is 5.87. The van der Waals surface area contributed by atoms with Crippen LogP contribution < -0.4 is 5.73 Å². The third kappa shape index (κ3) is 3.05. The van der Waals surface area contributed by atoms with Gasteiger partial charge in [-0.1, -0.05) is 59.6 Å².